The molecule has 1 N–H and O–H groups in total. The quantitative estimate of drug-likeness (QED) is 0.736. The Hall–Kier alpha value is -0.610. The molecule has 2 unspecified atom stereocenters. The highest BCUT2D eigenvalue weighted by Gasteiger charge is 2.40. The van der Waals surface area contributed by atoms with Crippen LogP contribution in [0.4, 0.5) is 0 Å². The van der Waals surface area contributed by atoms with Crippen molar-refractivity contribution in [3.63, 3.8) is 0 Å². The summed E-state index contributed by atoms with van der Waals surface area (Å²) in [6, 6.07) is 0. The van der Waals surface area contributed by atoms with Gasteiger partial charge < -0.3 is 5.11 Å². The predicted molar refractivity (Wildman–Crippen MR) is 52.4 cm³/mol. The summed E-state index contributed by atoms with van der Waals surface area (Å²) in [4.78, 5) is 17.1. The highest BCUT2D eigenvalue weighted by molar-refractivity contribution is 5.77. The van der Waals surface area contributed by atoms with Crippen LogP contribution in [0.3, 0.4) is 0 Å². The fourth-order valence-corrected chi connectivity index (χ4v) is 1.43. The molecule has 1 rings (SSSR count). The Morgan fingerprint density at radius 1 is 1.71 bits per heavy atom. The number of aliphatic hydroxyl groups is 1. The van der Waals surface area contributed by atoms with Gasteiger partial charge in [0.1, 0.15) is 5.60 Å². The van der Waals surface area contributed by atoms with Crippen LogP contribution in [0.1, 0.15) is 33.6 Å². The highest BCUT2D eigenvalue weighted by Crippen LogP contribution is 2.29. The number of hydrogen-bond donors (Lipinski definition) is 1. The molecule has 4 nitrogen and oxygen atoms in total. The fraction of sp³-hybridized carbons (Fsp3) is 0.900. The van der Waals surface area contributed by atoms with Gasteiger partial charge in [-0.1, -0.05) is 13.8 Å². The van der Waals surface area contributed by atoms with Gasteiger partial charge in [0.2, 0.25) is 5.91 Å². The molecule has 82 valence electrons. The standard InChI is InChI=1S/C10H19NO3/c1-4-10(3)5-9(13)11(14-10)6-8(2)7-12/h8,12H,4-7H2,1-3H3. The van der Waals surface area contributed by atoms with Crippen molar-refractivity contribution in [2.75, 3.05) is 13.2 Å². The van der Waals surface area contributed by atoms with Gasteiger partial charge in [0.25, 0.3) is 0 Å². The first-order chi connectivity index (χ1) is 6.50. The zero-order valence-corrected chi connectivity index (χ0v) is 9.12. The van der Waals surface area contributed by atoms with Gasteiger partial charge >= 0.3 is 0 Å². The van der Waals surface area contributed by atoms with E-state index in [0.29, 0.717) is 13.0 Å². The number of aliphatic hydroxyl groups excluding tert-OH is 1. The summed E-state index contributed by atoms with van der Waals surface area (Å²) in [7, 11) is 0. The molecule has 0 saturated carbocycles. The predicted octanol–water partition coefficient (Wildman–Crippen LogP) is 0.947. The van der Waals surface area contributed by atoms with Crippen molar-refractivity contribution in [3.05, 3.63) is 0 Å². The first-order valence-electron chi connectivity index (χ1n) is 5.11. The van der Waals surface area contributed by atoms with E-state index in [2.05, 4.69) is 0 Å². The minimum Gasteiger partial charge on any atom is -0.396 e. The van der Waals surface area contributed by atoms with Crippen molar-refractivity contribution in [2.24, 2.45) is 5.92 Å². The number of rotatable bonds is 4. The van der Waals surface area contributed by atoms with Crippen LogP contribution < -0.4 is 0 Å². The van der Waals surface area contributed by atoms with Crippen LogP contribution >= 0.6 is 0 Å². The SMILES string of the molecule is CCC1(C)CC(=O)N(CC(C)CO)O1. The lowest BCUT2D eigenvalue weighted by molar-refractivity contribution is -0.200. The third-order valence-electron chi connectivity index (χ3n) is 2.67. The van der Waals surface area contributed by atoms with Crippen molar-refractivity contribution in [3.8, 4) is 0 Å². The van der Waals surface area contributed by atoms with Gasteiger partial charge in [-0.15, -0.1) is 0 Å². The summed E-state index contributed by atoms with van der Waals surface area (Å²) in [6.45, 7) is 6.39. The largest absolute Gasteiger partial charge is 0.396 e. The lowest BCUT2D eigenvalue weighted by Gasteiger charge is -2.23. The lowest BCUT2D eigenvalue weighted by Crippen LogP contribution is -2.32. The van der Waals surface area contributed by atoms with Gasteiger partial charge in [-0.05, 0) is 19.3 Å². The van der Waals surface area contributed by atoms with Crippen molar-refractivity contribution in [2.45, 2.75) is 39.2 Å². The topological polar surface area (TPSA) is 49.8 Å². The van der Waals surface area contributed by atoms with Crippen LogP contribution in [-0.4, -0.2) is 34.8 Å². The van der Waals surface area contributed by atoms with E-state index in [1.807, 2.05) is 20.8 Å². The molecule has 1 fully saturated rings. The van der Waals surface area contributed by atoms with E-state index in [4.69, 9.17) is 9.94 Å². The van der Waals surface area contributed by atoms with E-state index in [-0.39, 0.29) is 24.0 Å². The second-order valence-corrected chi connectivity index (χ2v) is 4.31. The monoisotopic (exact) mass is 201 g/mol. The summed E-state index contributed by atoms with van der Waals surface area (Å²) >= 11 is 0. The summed E-state index contributed by atoms with van der Waals surface area (Å²) in [5.41, 5.74) is -0.341. The van der Waals surface area contributed by atoms with E-state index < -0.39 is 0 Å². The Balaban J connectivity index is 2.53. The molecule has 1 saturated heterocycles. The molecule has 0 aromatic rings. The van der Waals surface area contributed by atoms with E-state index in [1.54, 1.807) is 0 Å². The van der Waals surface area contributed by atoms with Crippen LogP contribution in [-0.2, 0) is 9.63 Å². The zero-order valence-electron chi connectivity index (χ0n) is 9.12. The highest BCUT2D eigenvalue weighted by atomic mass is 16.7. The number of hydrogen-bond acceptors (Lipinski definition) is 3. The van der Waals surface area contributed by atoms with Crippen LogP contribution in [0.5, 0.6) is 0 Å². The second-order valence-electron chi connectivity index (χ2n) is 4.31. The molecule has 1 amide bonds. The van der Waals surface area contributed by atoms with Crippen molar-refractivity contribution in [1.82, 2.24) is 5.06 Å². The Kier molecular flexibility index (Phi) is 3.50. The molecule has 2 atom stereocenters. The number of carbonyl (C=O) groups excluding carboxylic acids is 1. The van der Waals surface area contributed by atoms with Gasteiger partial charge in [-0.3, -0.25) is 9.63 Å². The van der Waals surface area contributed by atoms with Crippen LogP contribution in [0.25, 0.3) is 0 Å². The van der Waals surface area contributed by atoms with Gasteiger partial charge in [0, 0.05) is 6.61 Å². The maximum atomic E-state index is 11.5. The Labute approximate surface area is 84.8 Å². The molecule has 0 radical (unpaired) electrons. The molecule has 0 spiro atoms. The van der Waals surface area contributed by atoms with E-state index >= 15 is 0 Å². The van der Waals surface area contributed by atoms with Gasteiger partial charge in [-0.2, -0.15) is 0 Å². The van der Waals surface area contributed by atoms with Crippen LogP contribution in [0.2, 0.25) is 0 Å². The summed E-state index contributed by atoms with van der Waals surface area (Å²) in [6.07, 6.45) is 1.27. The number of amides is 1. The second kappa shape index (κ2) is 4.28. The molecule has 14 heavy (non-hydrogen) atoms. The molecule has 1 heterocycles. The Morgan fingerprint density at radius 3 is 2.79 bits per heavy atom. The summed E-state index contributed by atoms with van der Waals surface area (Å²) < 4.78 is 0. The van der Waals surface area contributed by atoms with Gasteiger partial charge in [0.05, 0.1) is 13.0 Å². The number of carbonyl (C=O) groups is 1. The third-order valence-corrected chi connectivity index (χ3v) is 2.67. The van der Waals surface area contributed by atoms with Crippen LogP contribution in [0.15, 0.2) is 0 Å². The minimum absolute atomic E-state index is 0.0228. The smallest absolute Gasteiger partial charge is 0.249 e. The fourth-order valence-electron chi connectivity index (χ4n) is 1.43. The molecule has 1 aliphatic rings. The molecular formula is C10H19NO3. The Morgan fingerprint density at radius 2 is 2.36 bits per heavy atom. The normalized spacial score (nSPS) is 29.7. The lowest BCUT2D eigenvalue weighted by atomic mass is 10.0. The molecule has 0 aromatic carbocycles. The maximum absolute atomic E-state index is 11.5. The molecule has 0 bridgehead atoms. The zero-order chi connectivity index (χ0) is 10.8. The first-order valence-corrected chi connectivity index (χ1v) is 5.11. The molecule has 0 aromatic heterocycles. The van der Waals surface area contributed by atoms with E-state index in [9.17, 15) is 4.79 Å². The molecule has 0 aliphatic carbocycles. The third kappa shape index (κ3) is 2.45. The van der Waals surface area contributed by atoms with Crippen molar-refractivity contribution < 1.29 is 14.7 Å². The number of nitrogens with zero attached hydrogens (tertiary/aromatic N) is 1. The van der Waals surface area contributed by atoms with Crippen molar-refractivity contribution >= 4 is 5.91 Å². The summed E-state index contributed by atoms with van der Waals surface area (Å²) in [5, 5.41) is 10.3. The van der Waals surface area contributed by atoms with E-state index in [1.165, 1.54) is 5.06 Å². The van der Waals surface area contributed by atoms with Crippen LogP contribution in [0, 0.1) is 5.92 Å². The minimum atomic E-state index is -0.341. The molecule has 4 heteroatoms. The summed E-state index contributed by atoms with van der Waals surface area (Å²) in [5.74, 6) is 0.0906. The van der Waals surface area contributed by atoms with E-state index in [0.717, 1.165) is 6.42 Å². The Bertz CT molecular complexity index is 219. The average Bonchev–Trinajstić information content (AvgIpc) is 2.43. The van der Waals surface area contributed by atoms with Crippen molar-refractivity contribution in [1.29, 1.82) is 0 Å². The maximum Gasteiger partial charge on any atom is 0.249 e. The van der Waals surface area contributed by atoms with Gasteiger partial charge in [0.15, 0.2) is 0 Å². The van der Waals surface area contributed by atoms with Gasteiger partial charge in [-0.25, -0.2) is 5.06 Å². The number of hydroxylamine groups is 2. The first kappa shape index (κ1) is 11.5. The molecular weight excluding hydrogens is 182 g/mol. The average molecular weight is 201 g/mol. The molecule has 1 aliphatic heterocycles.